The first-order valence-electron chi connectivity index (χ1n) is 13.1. The van der Waals surface area contributed by atoms with Crippen molar-refractivity contribution in [3.63, 3.8) is 0 Å². The minimum Gasteiger partial charge on any atom is -0.494 e. The summed E-state index contributed by atoms with van der Waals surface area (Å²) >= 11 is 0. The van der Waals surface area contributed by atoms with E-state index in [4.69, 9.17) is 19.2 Å². The fourth-order valence-electron chi connectivity index (χ4n) is 5.78. The van der Waals surface area contributed by atoms with Gasteiger partial charge in [-0.2, -0.15) is 0 Å². The van der Waals surface area contributed by atoms with E-state index in [1.165, 1.54) is 0 Å². The Kier molecular flexibility index (Phi) is 6.80. The second-order valence-electron chi connectivity index (χ2n) is 9.84. The Hall–Kier alpha value is -3.61. The average molecular weight is 503 g/mol. The van der Waals surface area contributed by atoms with Gasteiger partial charge < -0.3 is 24.3 Å². The highest BCUT2D eigenvalue weighted by atomic mass is 16.6. The molecule has 1 spiro atoms. The van der Waals surface area contributed by atoms with Gasteiger partial charge >= 0.3 is 5.97 Å². The van der Waals surface area contributed by atoms with Crippen LogP contribution < -0.4 is 14.8 Å². The highest BCUT2D eigenvalue weighted by molar-refractivity contribution is 6.01. The first-order valence-corrected chi connectivity index (χ1v) is 13.1. The van der Waals surface area contributed by atoms with Crippen LogP contribution in [0.3, 0.4) is 0 Å². The Morgan fingerprint density at radius 2 is 2.03 bits per heavy atom. The third-order valence-electron chi connectivity index (χ3n) is 7.47. The van der Waals surface area contributed by atoms with E-state index in [-0.39, 0.29) is 18.0 Å². The van der Waals surface area contributed by atoms with E-state index in [1.807, 2.05) is 19.1 Å². The number of esters is 1. The number of benzene rings is 2. The van der Waals surface area contributed by atoms with Crippen LogP contribution in [0.15, 0.2) is 47.0 Å². The van der Waals surface area contributed by atoms with Crippen molar-refractivity contribution in [2.45, 2.75) is 58.7 Å². The highest BCUT2D eigenvalue weighted by Gasteiger charge is 2.59. The van der Waals surface area contributed by atoms with Gasteiger partial charge in [-0.15, -0.1) is 0 Å². The second kappa shape index (κ2) is 10.0. The standard InChI is InChI=1S/C30H34N2O5/c1-5-31-25-16-27-23(13-18(25)3)30(24-14-19(4)26(32-6-2)17-28(24)36-27)22-15-20(35-12-8-7-11-33)9-10-21(22)29(34)37-30/h9-11,13-16,24,28,31H,5-8,12,17H2,1-4H3. The second-order valence-corrected chi connectivity index (χ2v) is 9.84. The predicted molar refractivity (Wildman–Crippen MR) is 143 cm³/mol. The number of hydrogen-bond donors (Lipinski definition) is 1. The molecule has 0 aromatic heterocycles. The molecule has 0 amide bonds. The zero-order chi connectivity index (χ0) is 26.2. The van der Waals surface area contributed by atoms with Gasteiger partial charge in [0, 0.05) is 54.5 Å². The highest BCUT2D eigenvalue weighted by Crippen LogP contribution is 2.57. The van der Waals surface area contributed by atoms with Crippen LogP contribution in [-0.2, 0) is 15.1 Å². The van der Waals surface area contributed by atoms with Gasteiger partial charge in [0.15, 0.2) is 5.60 Å². The van der Waals surface area contributed by atoms with Crippen LogP contribution in [-0.4, -0.2) is 43.8 Å². The number of carbonyl (C=O) groups is 2. The predicted octanol–water partition coefficient (Wildman–Crippen LogP) is 5.39. The fourth-order valence-corrected chi connectivity index (χ4v) is 5.78. The van der Waals surface area contributed by atoms with Gasteiger partial charge in [-0.3, -0.25) is 4.99 Å². The molecule has 3 aliphatic rings. The monoisotopic (exact) mass is 502 g/mol. The summed E-state index contributed by atoms with van der Waals surface area (Å²) < 4.78 is 19.0. The van der Waals surface area contributed by atoms with Crippen molar-refractivity contribution < 1.29 is 23.8 Å². The maximum absolute atomic E-state index is 13.3. The maximum atomic E-state index is 13.3. The molecule has 37 heavy (non-hydrogen) atoms. The average Bonchev–Trinajstić information content (AvgIpc) is 3.17. The lowest BCUT2D eigenvalue weighted by Crippen LogP contribution is -2.51. The molecular weight excluding hydrogens is 468 g/mol. The van der Waals surface area contributed by atoms with E-state index in [0.717, 1.165) is 46.5 Å². The Bertz CT molecular complexity index is 1300. The zero-order valence-corrected chi connectivity index (χ0v) is 21.9. The van der Waals surface area contributed by atoms with Gasteiger partial charge in [-0.25, -0.2) is 4.79 Å². The van der Waals surface area contributed by atoms with Crippen LogP contribution in [0, 0.1) is 12.8 Å². The Balaban J connectivity index is 1.70. The van der Waals surface area contributed by atoms with Gasteiger partial charge in [0.1, 0.15) is 23.9 Å². The molecule has 0 radical (unpaired) electrons. The van der Waals surface area contributed by atoms with Gasteiger partial charge in [-0.05, 0) is 69.5 Å². The van der Waals surface area contributed by atoms with E-state index in [2.05, 4.69) is 38.2 Å². The van der Waals surface area contributed by atoms with Crippen molar-refractivity contribution >= 4 is 23.7 Å². The SMILES string of the molecule is CCN=C1CC2Oc3cc(NCC)c(C)cc3C3(OC(=O)c4ccc(OCCCC=O)cc43)C2C=C1C. The fraction of sp³-hybridized carbons (Fsp3) is 0.433. The van der Waals surface area contributed by atoms with Crippen LogP contribution in [0.1, 0.15) is 67.1 Å². The van der Waals surface area contributed by atoms with Gasteiger partial charge in [-0.1, -0.05) is 6.08 Å². The first-order chi connectivity index (χ1) is 17.9. The number of unbranched alkanes of at least 4 members (excludes halogenated alkanes) is 1. The van der Waals surface area contributed by atoms with E-state index in [1.54, 1.807) is 12.1 Å². The molecule has 7 heteroatoms. The molecule has 194 valence electrons. The number of aliphatic imine (C=N–C) groups is 1. The quantitative estimate of drug-likeness (QED) is 0.296. The van der Waals surface area contributed by atoms with Gasteiger partial charge in [0.25, 0.3) is 0 Å². The molecule has 0 saturated heterocycles. The van der Waals surface area contributed by atoms with Crippen molar-refractivity contribution in [1.82, 2.24) is 0 Å². The molecule has 1 aliphatic carbocycles. The van der Waals surface area contributed by atoms with Crippen LogP contribution in [0.4, 0.5) is 5.69 Å². The molecule has 7 nitrogen and oxygen atoms in total. The van der Waals surface area contributed by atoms with Crippen molar-refractivity contribution in [2.75, 3.05) is 25.0 Å². The smallest absolute Gasteiger partial charge is 0.339 e. The molecular formula is C30H34N2O5. The summed E-state index contributed by atoms with van der Waals surface area (Å²) in [6.07, 6.45) is 4.54. The van der Waals surface area contributed by atoms with Crippen LogP contribution >= 0.6 is 0 Å². The molecule has 1 N–H and O–H groups in total. The molecule has 0 saturated carbocycles. The summed E-state index contributed by atoms with van der Waals surface area (Å²) in [5.74, 6) is 0.791. The minimum absolute atomic E-state index is 0.226. The normalized spacial score (nSPS) is 24.5. The molecule has 2 aromatic carbocycles. The van der Waals surface area contributed by atoms with E-state index < -0.39 is 5.60 Å². The number of carbonyl (C=O) groups excluding carboxylic acids is 2. The molecule has 5 rings (SSSR count). The number of allylic oxidation sites excluding steroid dienone is 1. The lowest BCUT2D eigenvalue weighted by atomic mass is 9.67. The number of anilines is 1. The molecule has 0 fully saturated rings. The lowest BCUT2D eigenvalue weighted by molar-refractivity contribution is -0.108. The summed E-state index contributed by atoms with van der Waals surface area (Å²) in [4.78, 5) is 28.8. The Labute approximate surface area is 217 Å². The summed E-state index contributed by atoms with van der Waals surface area (Å²) in [6, 6.07) is 9.63. The number of ether oxygens (including phenoxy) is 3. The third-order valence-corrected chi connectivity index (χ3v) is 7.47. The molecule has 2 aliphatic heterocycles. The first kappa shape index (κ1) is 25.1. The number of aryl methyl sites for hydroxylation is 1. The summed E-state index contributed by atoms with van der Waals surface area (Å²) in [7, 11) is 0. The van der Waals surface area contributed by atoms with E-state index in [0.29, 0.717) is 49.5 Å². The van der Waals surface area contributed by atoms with Gasteiger partial charge in [0.05, 0.1) is 18.1 Å². The van der Waals surface area contributed by atoms with Gasteiger partial charge in [0.2, 0.25) is 0 Å². The summed E-state index contributed by atoms with van der Waals surface area (Å²) in [6.45, 7) is 10.1. The number of aldehydes is 1. The Morgan fingerprint density at radius 3 is 2.78 bits per heavy atom. The molecule has 3 atom stereocenters. The Morgan fingerprint density at radius 1 is 1.19 bits per heavy atom. The number of nitrogens with zero attached hydrogens (tertiary/aromatic N) is 1. The number of fused-ring (bicyclic) bond motifs is 6. The number of rotatable bonds is 8. The third kappa shape index (κ3) is 4.20. The minimum atomic E-state index is -1.04. The number of hydrogen-bond acceptors (Lipinski definition) is 7. The van der Waals surface area contributed by atoms with Crippen molar-refractivity contribution in [1.29, 1.82) is 0 Å². The molecule has 2 aromatic rings. The summed E-state index contributed by atoms with van der Waals surface area (Å²) in [5.41, 5.74) is 5.30. The molecule has 3 unspecified atom stereocenters. The van der Waals surface area contributed by atoms with Crippen LogP contribution in [0.25, 0.3) is 0 Å². The zero-order valence-electron chi connectivity index (χ0n) is 21.9. The largest absolute Gasteiger partial charge is 0.494 e. The number of nitrogens with one attached hydrogen (secondary N) is 1. The lowest BCUT2D eigenvalue weighted by Gasteiger charge is -2.47. The van der Waals surface area contributed by atoms with Crippen molar-refractivity contribution in [3.8, 4) is 11.5 Å². The van der Waals surface area contributed by atoms with E-state index in [9.17, 15) is 9.59 Å². The van der Waals surface area contributed by atoms with Crippen molar-refractivity contribution in [3.05, 3.63) is 64.2 Å². The molecule has 0 bridgehead atoms. The van der Waals surface area contributed by atoms with Crippen molar-refractivity contribution in [2.24, 2.45) is 10.9 Å². The summed E-state index contributed by atoms with van der Waals surface area (Å²) in [5, 5.41) is 3.42. The van der Waals surface area contributed by atoms with E-state index >= 15 is 0 Å². The topological polar surface area (TPSA) is 86.2 Å². The maximum Gasteiger partial charge on any atom is 0.339 e. The van der Waals surface area contributed by atoms with Crippen LogP contribution in [0.5, 0.6) is 11.5 Å². The van der Waals surface area contributed by atoms with Crippen LogP contribution in [0.2, 0.25) is 0 Å². The molecule has 2 heterocycles.